The Kier molecular flexibility index (Phi) is 4.28. The van der Waals surface area contributed by atoms with Crippen LogP contribution in [0.4, 0.5) is 8.78 Å². The van der Waals surface area contributed by atoms with Crippen LogP contribution in [0.25, 0.3) is 0 Å². The second kappa shape index (κ2) is 5.49. The van der Waals surface area contributed by atoms with Crippen molar-refractivity contribution in [3.63, 3.8) is 0 Å². The number of rotatable bonds is 5. The van der Waals surface area contributed by atoms with Crippen LogP contribution in [0.3, 0.4) is 0 Å². The predicted octanol–water partition coefficient (Wildman–Crippen LogP) is 2.22. The van der Waals surface area contributed by atoms with Crippen LogP contribution in [-0.4, -0.2) is 16.1 Å². The Morgan fingerprint density at radius 2 is 2.18 bits per heavy atom. The Morgan fingerprint density at radius 1 is 1.53 bits per heavy atom. The standard InChI is InChI=1S/C11H11F2NO3/c1-2-3-10(14(16)17)11(15)8-6-7(12)4-5-9(8)13/h2,4-6,10-11,15H,1,3H2. The van der Waals surface area contributed by atoms with Gasteiger partial charge in [-0.25, -0.2) is 8.78 Å². The molecule has 0 fully saturated rings. The Labute approximate surface area is 96.3 Å². The first-order valence-electron chi connectivity index (χ1n) is 4.84. The molecule has 0 amide bonds. The zero-order chi connectivity index (χ0) is 13.0. The molecule has 0 saturated heterocycles. The smallest absolute Gasteiger partial charge is 0.246 e. The number of aliphatic hydroxyl groups is 1. The van der Waals surface area contributed by atoms with Crippen LogP contribution in [0.5, 0.6) is 0 Å². The summed E-state index contributed by atoms with van der Waals surface area (Å²) in [5, 5.41) is 20.4. The maximum atomic E-state index is 13.3. The molecule has 0 spiro atoms. The predicted molar refractivity (Wildman–Crippen MR) is 56.9 cm³/mol. The highest BCUT2D eigenvalue weighted by Crippen LogP contribution is 2.24. The molecular weight excluding hydrogens is 232 g/mol. The number of nitro groups is 1. The Bertz CT molecular complexity index is 437. The van der Waals surface area contributed by atoms with E-state index < -0.39 is 34.3 Å². The van der Waals surface area contributed by atoms with Crippen molar-refractivity contribution in [2.75, 3.05) is 0 Å². The Morgan fingerprint density at radius 3 is 2.71 bits per heavy atom. The zero-order valence-corrected chi connectivity index (χ0v) is 8.85. The van der Waals surface area contributed by atoms with Crippen LogP contribution in [0.15, 0.2) is 30.9 Å². The topological polar surface area (TPSA) is 63.4 Å². The van der Waals surface area contributed by atoms with Crippen LogP contribution in [-0.2, 0) is 0 Å². The van der Waals surface area contributed by atoms with E-state index in [-0.39, 0.29) is 6.42 Å². The molecule has 17 heavy (non-hydrogen) atoms. The first-order chi connectivity index (χ1) is 7.97. The van der Waals surface area contributed by atoms with E-state index in [1.165, 1.54) is 6.08 Å². The average molecular weight is 243 g/mol. The van der Waals surface area contributed by atoms with Crippen LogP contribution >= 0.6 is 0 Å². The van der Waals surface area contributed by atoms with Crippen molar-refractivity contribution in [3.8, 4) is 0 Å². The summed E-state index contributed by atoms with van der Waals surface area (Å²) in [7, 11) is 0. The zero-order valence-electron chi connectivity index (χ0n) is 8.85. The van der Waals surface area contributed by atoms with Crippen molar-refractivity contribution in [3.05, 3.63) is 58.2 Å². The molecule has 1 aromatic rings. The lowest BCUT2D eigenvalue weighted by molar-refractivity contribution is -0.535. The molecule has 0 aromatic heterocycles. The van der Waals surface area contributed by atoms with Crippen molar-refractivity contribution >= 4 is 0 Å². The molecule has 2 atom stereocenters. The minimum atomic E-state index is -1.71. The normalized spacial score (nSPS) is 14.1. The van der Waals surface area contributed by atoms with Crippen molar-refractivity contribution in [1.29, 1.82) is 0 Å². The van der Waals surface area contributed by atoms with Crippen LogP contribution in [0.2, 0.25) is 0 Å². The van der Waals surface area contributed by atoms with Crippen LogP contribution in [0, 0.1) is 21.7 Å². The molecule has 6 heteroatoms. The van der Waals surface area contributed by atoms with Crippen molar-refractivity contribution in [2.45, 2.75) is 18.6 Å². The summed E-state index contributed by atoms with van der Waals surface area (Å²) in [6.45, 7) is 3.32. The molecule has 92 valence electrons. The summed E-state index contributed by atoms with van der Waals surface area (Å²) in [4.78, 5) is 9.94. The van der Waals surface area contributed by atoms with Gasteiger partial charge in [-0.1, -0.05) is 6.08 Å². The number of hydrogen-bond donors (Lipinski definition) is 1. The molecule has 4 nitrogen and oxygen atoms in total. The maximum absolute atomic E-state index is 13.3. The molecular formula is C11H11F2NO3. The van der Waals surface area contributed by atoms with Crippen molar-refractivity contribution < 1.29 is 18.8 Å². The molecule has 0 aliphatic heterocycles. The van der Waals surface area contributed by atoms with E-state index in [0.29, 0.717) is 0 Å². The van der Waals surface area contributed by atoms with Gasteiger partial charge >= 0.3 is 0 Å². The number of benzene rings is 1. The number of hydrogen-bond acceptors (Lipinski definition) is 3. The summed E-state index contributed by atoms with van der Waals surface area (Å²) in [5.74, 6) is -1.64. The third kappa shape index (κ3) is 3.07. The van der Waals surface area contributed by atoms with Crippen LogP contribution < -0.4 is 0 Å². The van der Waals surface area contributed by atoms with E-state index in [0.717, 1.165) is 18.2 Å². The van der Waals surface area contributed by atoms with Gasteiger partial charge in [-0.15, -0.1) is 6.58 Å². The first kappa shape index (κ1) is 13.2. The lowest BCUT2D eigenvalue weighted by Gasteiger charge is -2.15. The van der Waals surface area contributed by atoms with Gasteiger partial charge in [0.1, 0.15) is 17.7 Å². The molecule has 0 aliphatic carbocycles. The summed E-state index contributed by atoms with van der Waals surface area (Å²) in [5.41, 5.74) is -0.423. The second-order valence-electron chi connectivity index (χ2n) is 3.49. The average Bonchev–Trinajstić information content (AvgIpc) is 2.28. The number of halogens is 2. The van der Waals surface area contributed by atoms with E-state index in [4.69, 9.17) is 0 Å². The van der Waals surface area contributed by atoms with E-state index in [2.05, 4.69) is 6.58 Å². The number of nitrogens with zero attached hydrogens (tertiary/aromatic N) is 1. The molecule has 1 N–H and O–H groups in total. The summed E-state index contributed by atoms with van der Waals surface area (Å²) in [6.07, 6.45) is -0.600. The van der Waals surface area contributed by atoms with E-state index in [9.17, 15) is 24.0 Å². The quantitative estimate of drug-likeness (QED) is 0.490. The molecule has 0 heterocycles. The summed E-state index contributed by atoms with van der Waals surface area (Å²) >= 11 is 0. The van der Waals surface area contributed by atoms with Crippen LogP contribution in [0.1, 0.15) is 18.1 Å². The largest absolute Gasteiger partial charge is 0.381 e. The molecule has 0 radical (unpaired) electrons. The fourth-order valence-corrected chi connectivity index (χ4v) is 1.45. The third-order valence-electron chi connectivity index (χ3n) is 2.32. The fraction of sp³-hybridized carbons (Fsp3) is 0.273. The minimum Gasteiger partial charge on any atom is -0.381 e. The van der Waals surface area contributed by atoms with Gasteiger partial charge in [0.05, 0.1) is 0 Å². The third-order valence-corrected chi connectivity index (χ3v) is 2.32. The van der Waals surface area contributed by atoms with E-state index in [1.54, 1.807) is 0 Å². The molecule has 1 aromatic carbocycles. The Hall–Kier alpha value is -1.82. The highest BCUT2D eigenvalue weighted by atomic mass is 19.1. The first-order valence-corrected chi connectivity index (χ1v) is 4.84. The molecule has 2 unspecified atom stereocenters. The maximum Gasteiger partial charge on any atom is 0.246 e. The van der Waals surface area contributed by atoms with Gasteiger partial charge < -0.3 is 5.11 Å². The lowest BCUT2D eigenvalue weighted by atomic mass is 9.99. The Balaban J connectivity index is 3.08. The lowest BCUT2D eigenvalue weighted by Crippen LogP contribution is -2.27. The van der Waals surface area contributed by atoms with Gasteiger partial charge in [0, 0.05) is 16.9 Å². The van der Waals surface area contributed by atoms with Gasteiger partial charge in [-0.05, 0) is 18.2 Å². The van der Waals surface area contributed by atoms with Crippen molar-refractivity contribution in [1.82, 2.24) is 0 Å². The summed E-state index contributed by atoms with van der Waals surface area (Å²) in [6, 6.07) is 1.00. The highest BCUT2D eigenvalue weighted by Gasteiger charge is 2.31. The highest BCUT2D eigenvalue weighted by molar-refractivity contribution is 5.22. The fourth-order valence-electron chi connectivity index (χ4n) is 1.45. The minimum absolute atomic E-state index is 0.135. The summed E-state index contributed by atoms with van der Waals surface area (Å²) < 4.78 is 26.2. The molecule has 1 rings (SSSR count). The number of aliphatic hydroxyl groups excluding tert-OH is 1. The molecule has 0 bridgehead atoms. The molecule has 0 aliphatic rings. The second-order valence-corrected chi connectivity index (χ2v) is 3.49. The van der Waals surface area contributed by atoms with Crippen molar-refractivity contribution in [2.24, 2.45) is 0 Å². The monoisotopic (exact) mass is 243 g/mol. The van der Waals surface area contributed by atoms with Gasteiger partial charge in [0.25, 0.3) is 0 Å². The van der Waals surface area contributed by atoms with Gasteiger partial charge in [0.2, 0.25) is 6.04 Å². The van der Waals surface area contributed by atoms with Gasteiger partial charge in [-0.2, -0.15) is 0 Å². The van der Waals surface area contributed by atoms with E-state index in [1.807, 2.05) is 0 Å². The SMILES string of the molecule is C=CCC(C(O)c1cc(F)ccc1F)[N+](=O)[O-]. The van der Waals surface area contributed by atoms with Gasteiger partial charge in [0.15, 0.2) is 0 Å². The van der Waals surface area contributed by atoms with E-state index >= 15 is 0 Å². The van der Waals surface area contributed by atoms with Gasteiger partial charge in [-0.3, -0.25) is 10.1 Å². The molecule has 0 saturated carbocycles.